The third kappa shape index (κ3) is 7.76. The van der Waals surface area contributed by atoms with E-state index in [9.17, 15) is 43.9 Å². The Bertz CT molecular complexity index is 972. The van der Waals surface area contributed by atoms with Gasteiger partial charge in [-0.2, -0.15) is 26.3 Å². The molecule has 0 aliphatic carbocycles. The molecule has 3 rings (SSSR count). The van der Waals surface area contributed by atoms with E-state index in [-0.39, 0.29) is 55.6 Å². The molecular formula is C20H18Cl2F10N2O. The van der Waals surface area contributed by atoms with Crippen molar-refractivity contribution in [1.82, 2.24) is 10.2 Å². The normalized spacial score (nSPS) is 16.2. The first-order chi connectivity index (χ1) is 15.2. The van der Waals surface area contributed by atoms with Crippen LogP contribution in [0.25, 0.3) is 0 Å². The van der Waals surface area contributed by atoms with Crippen molar-refractivity contribution in [1.29, 1.82) is 0 Å². The van der Waals surface area contributed by atoms with Crippen LogP contribution in [0.4, 0.5) is 43.9 Å². The summed E-state index contributed by atoms with van der Waals surface area (Å²) in [4.78, 5) is 1.41. The first-order valence-corrected chi connectivity index (χ1v) is 9.45. The van der Waals surface area contributed by atoms with Crippen LogP contribution in [0.15, 0.2) is 36.4 Å². The van der Waals surface area contributed by atoms with Crippen LogP contribution in [0, 0.1) is 5.82 Å². The van der Waals surface area contributed by atoms with E-state index in [0.29, 0.717) is 13.1 Å². The van der Waals surface area contributed by atoms with Crippen LogP contribution in [0.3, 0.4) is 0 Å². The smallest absolute Gasteiger partial charge is 0.406 e. The van der Waals surface area contributed by atoms with Crippen LogP contribution >= 0.6 is 24.8 Å². The number of ether oxygens (including phenoxy) is 1. The number of nitrogens with zero attached hydrogens (tertiary/aromatic N) is 1. The molecule has 0 radical (unpaired) electrons. The van der Waals surface area contributed by atoms with Crippen molar-refractivity contribution in [3.05, 3.63) is 64.5 Å². The van der Waals surface area contributed by atoms with Crippen LogP contribution in [0.5, 0.6) is 5.75 Å². The molecule has 1 saturated heterocycles. The molecule has 0 saturated carbocycles. The zero-order valence-corrected chi connectivity index (χ0v) is 19.0. The van der Waals surface area contributed by atoms with E-state index in [1.165, 1.54) is 4.90 Å². The summed E-state index contributed by atoms with van der Waals surface area (Å²) >= 11 is 0. The van der Waals surface area contributed by atoms with E-state index < -0.39 is 53.0 Å². The molecule has 1 aliphatic heterocycles. The molecular weight excluding hydrogens is 545 g/mol. The van der Waals surface area contributed by atoms with Gasteiger partial charge in [0.15, 0.2) is 0 Å². The Morgan fingerprint density at radius 1 is 0.800 bits per heavy atom. The highest BCUT2D eigenvalue weighted by atomic mass is 35.5. The molecule has 15 heteroatoms. The van der Waals surface area contributed by atoms with Gasteiger partial charge in [0.2, 0.25) is 0 Å². The SMILES string of the molecule is Cl.Cl.Fc1cc(C(F)(F)F)cc(C(F)(F)F)c1[C@@H](c1ccc(OC(F)(F)F)cc1)N1CCNCC1. The fourth-order valence-electron chi connectivity index (χ4n) is 3.65. The minimum Gasteiger partial charge on any atom is -0.406 e. The summed E-state index contributed by atoms with van der Waals surface area (Å²) in [5, 5.41) is 2.94. The highest BCUT2D eigenvalue weighted by Gasteiger charge is 2.43. The van der Waals surface area contributed by atoms with Crippen molar-refractivity contribution >= 4 is 24.8 Å². The van der Waals surface area contributed by atoms with Crippen LogP contribution in [-0.2, 0) is 12.4 Å². The molecule has 1 fully saturated rings. The Morgan fingerprint density at radius 2 is 1.34 bits per heavy atom. The van der Waals surface area contributed by atoms with Crippen molar-refractivity contribution in [2.24, 2.45) is 0 Å². The molecule has 0 spiro atoms. The van der Waals surface area contributed by atoms with Crippen molar-refractivity contribution in [3.8, 4) is 5.75 Å². The van der Waals surface area contributed by atoms with Crippen molar-refractivity contribution < 1.29 is 48.6 Å². The van der Waals surface area contributed by atoms with Gasteiger partial charge in [0.05, 0.1) is 17.2 Å². The number of alkyl halides is 9. The molecule has 35 heavy (non-hydrogen) atoms. The summed E-state index contributed by atoms with van der Waals surface area (Å²) in [6.45, 7) is 0.831. The minimum atomic E-state index is -5.33. The first kappa shape index (κ1) is 31.1. The third-order valence-electron chi connectivity index (χ3n) is 4.98. The predicted molar refractivity (Wildman–Crippen MR) is 110 cm³/mol. The Hall–Kier alpha value is -1.96. The highest BCUT2D eigenvalue weighted by molar-refractivity contribution is 5.85. The van der Waals surface area contributed by atoms with Gasteiger partial charge in [0.1, 0.15) is 11.6 Å². The largest absolute Gasteiger partial charge is 0.573 e. The fraction of sp³-hybridized carbons (Fsp3) is 0.400. The monoisotopic (exact) mass is 562 g/mol. The second-order valence-corrected chi connectivity index (χ2v) is 7.22. The highest BCUT2D eigenvalue weighted by Crippen LogP contribution is 2.44. The lowest BCUT2D eigenvalue weighted by molar-refractivity contribution is -0.274. The Balaban J connectivity index is 0.00000306. The molecule has 0 aromatic heterocycles. The summed E-state index contributed by atoms with van der Waals surface area (Å²) in [6.07, 6.45) is -15.6. The summed E-state index contributed by atoms with van der Waals surface area (Å²) in [7, 11) is 0. The summed E-state index contributed by atoms with van der Waals surface area (Å²) in [5.41, 5.74) is -4.70. The quantitative estimate of drug-likeness (QED) is 0.425. The van der Waals surface area contributed by atoms with Gasteiger partial charge >= 0.3 is 18.7 Å². The molecule has 3 nitrogen and oxygen atoms in total. The topological polar surface area (TPSA) is 24.5 Å². The average molecular weight is 563 g/mol. The van der Waals surface area contributed by atoms with E-state index in [0.717, 1.165) is 24.3 Å². The average Bonchev–Trinajstić information content (AvgIpc) is 2.68. The maximum Gasteiger partial charge on any atom is 0.573 e. The van der Waals surface area contributed by atoms with Gasteiger partial charge in [0.25, 0.3) is 0 Å². The lowest BCUT2D eigenvalue weighted by atomic mass is 9.90. The van der Waals surface area contributed by atoms with Crippen LogP contribution < -0.4 is 10.1 Å². The second kappa shape index (κ2) is 11.4. The van der Waals surface area contributed by atoms with Gasteiger partial charge in [-0.05, 0) is 29.8 Å². The van der Waals surface area contributed by atoms with Gasteiger partial charge in [-0.25, -0.2) is 4.39 Å². The van der Waals surface area contributed by atoms with Crippen LogP contribution in [-0.4, -0.2) is 37.4 Å². The Kier molecular flexibility index (Phi) is 10.1. The van der Waals surface area contributed by atoms with Gasteiger partial charge in [0, 0.05) is 31.7 Å². The molecule has 2 aromatic carbocycles. The maximum absolute atomic E-state index is 14.9. The summed E-state index contributed by atoms with van der Waals surface area (Å²) in [6, 6.07) is 2.04. The van der Waals surface area contributed by atoms with E-state index >= 15 is 0 Å². The molecule has 198 valence electrons. The molecule has 0 unspecified atom stereocenters. The Morgan fingerprint density at radius 3 is 1.80 bits per heavy atom. The second-order valence-electron chi connectivity index (χ2n) is 7.22. The van der Waals surface area contributed by atoms with Gasteiger partial charge in [-0.1, -0.05) is 12.1 Å². The molecule has 0 amide bonds. The van der Waals surface area contributed by atoms with Gasteiger partial charge < -0.3 is 10.1 Å². The predicted octanol–water partition coefficient (Wildman–Crippen LogP) is 6.60. The number of benzene rings is 2. The van der Waals surface area contributed by atoms with Gasteiger partial charge in [-0.3, -0.25) is 4.90 Å². The van der Waals surface area contributed by atoms with E-state index in [1.54, 1.807) is 0 Å². The van der Waals surface area contributed by atoms with Crippen molar-refractivity contribution in [2.75, 3.05) is 26.2 Å². The molecule has 1 aliphatic rings. The summed E-state index contributed by atoms with van der Waals surface area (Å²) in [5.74, 6) is -2.38. The molecule has 1 heterocycles. The lowest BCUT2D eigenvalue weighted by Gasteiger charge is -2.37. The standard InChI is InChI=1S/C20H16F10N2O.2ClH/c21-15-10-12(18(22,23)24)9-14(19(25,26)27)16(15)17(32-7-5-31-6-8-32)11-1-3-13(4-2-11)33-20(28,29)30;;/h1-4,9-10,17,31H,5-8H2;2*1H/t17-;;/m1../s1. The van der Waals surface area contributed by atoms with Crippen molar-refractivity contribution in [3.63, 3.8) is 0 Å². The first-order valence-electron chi connectivity index (χ1n) is 9.45. The number of hydrogen-bond donors (Lipinski definition) is 1. The van der Waals surface area contributed by atoms with Crippen LogP contribution in [0.2, 0.25) is 0 Å². The molecule has 1 N–H and O–H groups in total. The number of halogens is 12. The van der Waals surface area contributed by atoms with Gasteiger partial charge in [-0.15, -0.1) is 38.0 Å². The fourth-order valence-corrected chi connectivity index (χ4v) is 3.65. The molecule has 0 bridgehead atoms. The molecule has 2 aromatic rings. The summed E-state index contributed by atoms with van der Waals surface area (Å²) < 4.78 is 137. The maximum atomic E-state index is 14.9. The lowest BCUT2D eigenvalue weighted by Crippen LogP contribution is -2.46. The Labute approximate surface area is 205 Å². The minimum absolute atomic E-state index is 0. The third-order valence-corrected chi connectivity index (χ3v) is 4.98. The van der Waals surface area contributed by atoms with E-state index in [4.69, 9.17) is 0 Å². The van der Waals surface area contributed by atoms with E-state index in [2.05, 4.69) is 10.1 Å². The van der Waals surface area contributed by atoms with E-state index in [1.807, 2.05) is 0 Å². The zero-order valence-electron chi connectivity index (χ0n) is 17.3. The zero-order chi connectivity index (χ0) is 24.6. The number of hydrogen-bond acceptors (Lipinski definition) is 3. The number of piperazine rings is 1. The molecule has 1 atom stereocenters. The van der Waals surface area contributed by atoms with Crippen LogP contribution in [0.1, 0.15) is 28.3 Å². The number of rotatable bonds is 4. The number of nitrogens with one attached hydrogen (secondary N) is 1. The van der Waals surface area contributed by atoms with Crippen molar-refractivity contribution in [2.45, 2.75) is 24.8 Å².